The SMILES string of the molecule is Cc1nc(-c2cc(Cl)ccc2Cl)nc(Cl)c1C. The summed E-state index contributed by atoms with van der Waals surface area (Å²) in [5.74, 6) is 0.491. The minimum atomic E-state index is 0.434. The fourth-order valence-electron chi connectivity index (χ4n) is 1.38. The highest BCUT2D eigenvalue weighted by Gasteiger charge is 2.11. The van der Waals surface area contributed by atoms with Crippen LogP contribution in [0.1, 0.15) is 11.3 Å². The molecule has 2 aromatic rings. The van der Waals surface area contributed by atoms with Crippen molar-refractivity contribution < 1.29 is 0 Å². The topological polar surface area (TPSA) is 25.8 Å². The molecule has 0 spiro atoms. The van der Waals surface area contributed by atoms with Crippen molar-refractivity contribution in [1.29, 1.82) is 0 Å². The fraction of sp³-hybridized carbons (Fsp3) is 0.167. The van der Waals surface area contributed by atoms with E-state index in [9.17, 15) is 0 Å². The second kappa shape index (κ2) is 4.81. The maximum Gasteiger partial charge on any atom is 0.162 e. The number of hydrogen-bond donors (Lipinski definition) is 0. The van der Waals surface area contributed by atoms with Crippen LogP contribution in [0.3, 0.4) is 0 Å². The fourth-order valence-corrected chi connectivity index (χ4v) is 1.97. The van der Waals surface area contributed by atoms with Gasteiger partial charge in [0.05, 0.1) is 5.02 Å². The highest BCUT2D eigenvalue weighted by Crippen LogP contribution is 2.30. The number of benzene rings is 1. The lowest BCUT2D eigenvalue weighted by molar-refractivity contribution is 1.07. The van der Waals surface area contributed by atoms with Crippen molar-refractivity contribution >= 4 is 34.8 Å². The lowest BCUT2D eigenvalue weighted by atomic mass is 10.2. The minimum absolute atomic E-state index is 0.434. The lowest BCUT2D eigenvalue weighted by Gasteiger charge is -2.07. The molecule has 2 nitrogen and oxygen atoms in total. The van der Waals surface area contributed by atoms with E-state index in [4.69, 9.17) is 34.8 Å². The quantitative estimate of drug-likeness (QED) is 0.709. The predicted octanol–water partition coefficient (Wildman–Crippen LogP) is 4.72. The van der Waals surface area contributed by atoms with Gasteiger partial charge in [-0.15, -0.1) is 0 Å². The molecule has 0 aliphatic heterocycles. The van der Waals surface area contributed by atoms with Gasteiger partial charge in [-0.05, 0) is 32.0 Å². The van der Waals surface area contributed by atoms with Crippen molar-refractivity contribution in [3.05, 3.63) is 44.7 Å². The van der Waals surface area contributed by atoms with Gasteiger partial charge in [0.15, 0.2) is 5.82 Å². The Hall–Kier alpha value is -0.830. The third kappa shape index (κ3) is 2.54. The van der Waals surface area contributed by atoms with Crippen LogP contribution in [0.25, 0.3) is 11.4 Å². The summed E-state index contributed by atoms with van der Waals surface area (Å²) in [7, 11) is 0. The molecule has 88 valence electrons. The van der Waals surface area contributed by atoms with E-state index in [1.54, 1.807) is 18.2 Å². The molecule has 0 radical (unpaired) electrons. The first kappa shape index (κ1) is 12.6. The van der Waals surface area contributed by atoms with Crippen LogP contribution in [0.15, 0.2) is 18.2 Å². The Labute approximate surface area is 115 Å². The van der Waals surface area contributed by atoms with Crippen LogP contribution in [0.4, 0.5) is 0 Å². The van der Waals surface area contributed by atoms with E-state index in [2.05, 4.69) is 9.97 Å². The second-order valence-corrected chi connectivity index (χ2v) is 4.87. The van der Waals surface area contributed by atoms with Crippen LogP contribution < -0.4 is 0 Å². The molecule has 0 N–H and O–H groups in total. The normalized spacial score (nSPS) is 10.6. The molecule has 1 aromatic carbocycles. The molecule has 0 aliphatic rings. The summed E-state index contributed by atoms with van der Waals surface area (Å²) in [5.41, 5.74) is 2.38. The number of hydrogen-bond acceptors (Lipinski definition) is 2. The minimum Gasteiger partial charge on any atom is -0.233 e. The first-order valence-corrected chi connectivity index (χ1v) is 6.08. The first-order chi connectivity index (χ1) is 7.99. The highest BCUT2D eigenvalue weighted by atomic mass is 35.5. The standard InChI is InChI=1S/C12H9Cl3N2/c1-6-7(2)16-12(17-11(6)15)9-5-8(13)3-4-10(9)14/h3-5H,1-2H3. The van der Waals surface area contributed by atoms with Gasteiger partial charge in [0, 0.05) is 21.8 Å². The van der Waals surface area contributed by atoms with Gasteiger partial charge in [-0.2, -0.15) is 0 Å². The molecule has 0 saturated heterocycles. The first-order valence-electron chi connectivity index (χ1n) is 4.95. The van der Waals surface area contributed by atoms with Gasteiger partial charge in [0.25, 0.3) is 0 Å². The highest BCUT2D eigenvalue weighted by molar-refractivity contribution is 6.35. The summed E-state index contributed by atoms with van der Waals surface area (Å²) in [5, 5.41) is 1.57. The number of aromatic nitrogens is 2. The van der Waals surface area contributed by atoms with Gasteiger partial charge in [0.2, 0.25) is 0 Å². The molecular formula is C12H9Cl3N2. The van der Waals surface area contributed by atoms with Crippen molar-refractivity contribution in [2.75, 3.05) is 0 Å². The van der Waals surface area contributed by atoms with E-state index in [1.807, 2.05) is 13.8 Å². The summed E-state index contributed by atoms with van der Waals surface area (Å²) >= 11 is 18.1. The molecule has 2 rings (SSSR count). The number of halogens is 3. The van der Waals surface area contributed by atoms with Crippen molar-refractivity contribution in [2.24, 2.45) is 0 Å². The van der Waals surface area contributed by atoms with E-state index >= 15 is 0 Å². The monoisotopic (exact) mass is 286 g/mol. The molecule has 5 heteroatoms. The Morgan fingerprint density at radius 1 is 1.00 bits per heavy atom. The van der Waals surface area contributed by atoms with Gasteiger partial charge in [-0.1, -0.05) is 34.8 Å². The van der Waals surface area contributed by atoms with E-state index < -0.39 is 0 Å². The van der Waals surface area contributed by atoms with E-state index in [-0.39, 0.29) is 0 Å². The summed E-state index contributed by atoms with van der Waals surface area (Å²) in [6, 6.07) is 5.16. The molecule has 0 unspecified atom stereocenters. The van der Waals surface area contributed by atoms with Crippen molar-refractivity contribution in [3.63, 3.8) is 0 Å². The van der Waals surface area contributed by atoms with Gasteiger partial charge in [-0.3, -0.25) is 0 Å². The van der Waals surface area contributed by atoms with E-state index in [1.165, 1.54) is 0 Å². The Morgan fingerprint density at radius 2 is 1.71 bits per heavy atom. The Morgan fingerprint density at radius 3 is 2.35 bits per heavy atom. The predicted molar refractivity (Wildman–Crippen MR) is 72.0 cm³/mol. The van der Waals surface area contributed by atoms with Gasteiger partial charge in [-0.25, -0.2) is 9.97 Å². The number of rotatable bonds is 1. The second-order valence-electron chi connectivity index (χ2n) is 3.67. The zero-order valence-electron chi connectivity index (χ0n) is 9.26. The molecule has 17 heavy (non-hydrogen) atoms. The molecule has 0 saturated carbocycles. The maximum absolute atomic E-state index is 6.09. The van der Waals surface area contributed by atoms with E-state index in [0.717, 1.165) is 11.3 Å². The van der Waals surface area contributed by atoms with Crippen molar-refractivity contribution in [2.45, 2.75) is 13.8 Å². The molecule has 0 bridgehead atoms. The molecule has 0 aliphatic carbocycles. The van der Waals surface area contributed by atoms with Gasteiger partial charge in [0.1, 0.15) is 5.15 Å². The molecule has 0 fully saturated rings. The maximum atomic E-state index is 6.09. The summed E-state index contributed by atoms with van der Waals surface area (Å²) in [6.07, 6.45) is 0. The average molecular weight is 288 g/mol. The Bertz CT molecular complexity index is 559. The lowest BCUT2D eigenvalue weighted by Crippen LogP contribution is -1.97. The molecule has 0 atom stereocenters. The average Bonchev–Trinajstić information content (AvgIpc) is 2.28. The Balaban J connectivity index is 2.64. The largest absolute Gasteiger partial charge is 0.233 e. The van der Waals surface area contributed by atoms with Crippen molar-refractivity contribution in [3.8, 4) is 11.4 Å². The number of aryl methyl sites for hydroxylation is 1. The summed E-state index contributed by atoms with van der Waals surface area (Å²) < 4.78 is 0. The van der Waals surface area contributed by atoms with Gasteiger partial charge >= 0.3 is 0 Å². The zero-order valence-corrected chi connectivity index (χ0v) is 11.5. The van der Waals surface area contributed by atoms with Crippen LogP contribution in [0.2, 0.25) is 15.2 Å². The molecule has 1 aromatic heterocycles. The van der Waals surface area contributed by atoms with Crippen molar-refractivity contribution in [1.82, 2.24) is 9.97 Å². The van der Waals surface area contributed by atoms with E-state index in [0.29, 0.717) is 26.6 Å². The molecular weight excluding hydrogens is 279 g/mol. The summed E-state index contributed by atoms with van der Waals surface area (Å²) in [4.78, 5) is 8.58. The van der Waals surface area contributed by atoms with Crippen LogP contribution in [-0.4, -0.2) is 9.97 Å². The molecule has 0 amide bonds. The third-order valence-corrected chi connectivity index (χ3v) is 3.43. The smallest absolute Gasteiger partial charge is 0.162 e. The van der Waals surface area contributed by atoms with Crippen LogP contribution in [0.5, 0.6) is 0 Å². The third-order valence-electron chi connectivity index (χ3n) is 2.50. The Kier molecular flexibility index (Phi) is 3.57. The zero-order chi connectivity index (χ0) is 12.6. The van der Waals surface area contributed by atoms with Crippen LogP contribution in [0, 0.1) is 13.8 Å². The summed E-state index contributed by atoms with van der Waals surface area (Å²) in [6.45, 7) is 3.76. The van der Waals surface area contributed by atoms with Crippen LogP contribution >= 0.6 is 34.8 Å². The van der Waals surface area contributed by atoms with Crippen LogP contribution in [-0.2, 0) is 0 Å². The molecule has 1 heterocycles. The van der Waals surface area contributed by atoms with Gasteiger partial charge < -0.3 is 0 Å². The number of nitrogens with zero attached hydrogens (tertiary/aromatic N) is 2.